The maximum Gasteiger partial charge on any atom is 0.133 e. The fraction of sp³-hybridized carbons (Fsp3) is 0.692. The Morgan fingerprint density at radius 3 is 2.44 bits per heavy atom. The van der Waals surface area contributed by atoms with Gasteiger partial charge in [-0.05, 0) is 27.2 Å². The first-order valence-corrected chi connectivity index (χ1v) is 5.98. The molecule has 1 rings (SSSR count). The van der Waals surface area contributed by atoms with Crippen molar-refractivity contribution in [1.29, 1.82) is 0 Å². The highest BCUT2D eigenvalue weighted by Gasteiger charge is 2.16. The number of nitrogens with zero attached hydrogens (tertiary/aromatic N) is 2. The van der Waals surface area contributed by atoms with E-state index in [9.17, 15) is 0 Å². The van der Waals surface area contributed by atoms with E-state index in [1.807, 2.05) is 13.0 Å². The number of hydrogen-bond donors (Lipinski definition) is 1. The molecule has 0 unspecified atom stereocenters. The number of aryl methyl sites for hydroxylation is 1. The van der Waals surface area contributed by atoms with Crippen LogP contribution in [0.3, 0.4) is 0 Å². The molecule has 0 atom stereocenters. The first kappa shape index (κ1) is 12.9. The van der Waals surface area contributed by atoms with Crippen molar-refractivity contribution >= 4 is 5.82 Å². The van der Waals surface area contributed by atoms with Crippen LogP contribution in [0, 0.1) is 6.92 Å². The van der Waals surface area contributed by atoms with E-state index in [4.69, 9.17) is 0 Å². The summed E-state index contributed by atoms with van der Waals surface area (Å²) >= 11 is 0. The lowest BCUT2D eigenvalue weighted by Gasteiger charge is -2.25. The Morgan fingerprint density at radius 1 is 1.31 bits per heavy atom. The van der Waals surface area contributed by atoms with Crippen molar-refractivity contribution in [2.24, 2.45) is 0 Å². The quantitative estimate of drug-likeness (QED) is 0.845. The van der Waals surface area contributed by atoms with Gasteiger partial charge in [0.25, 0.3) is 0 Å². The van der Waals surface area contributed by atoms with Crippen molar-refractivity contribution in [3.63, 3.8) is 0 Å². The molecule has 0 aliphatic heterocycles. The van der Waals surface area contributed by atoms with E-state index in [1.54, 1.807) is 0 Å². The lowest BCUT2D eigenvalue weighted by Crippen LogP contribution is -2.30. The zero-order valence-electron chi connectivity index (χ0n) is 11.3. The highest BCUT2D eigenvalue weighted by atomic mass is 15.1. The van der Waals surface area contributed by atoms with E-state index in [1.165, 1.54) is 0 Å². The zero-order chi connectivity index (χ0) is 12.3. The molecule has 0 fully saturated rings. The van der Waals surface area contributed by atoms with Crippen molar-refractivity contribution in [3.8, 4) is 0 Å². The van der Waals surface area contributed by atoms with E-state index < -0.39 is 0 Å². The second-order valence-electron chi connectivity index (χ2n) is 5.27. The Balaban J connectivity index is 2.97. The summed E-state index contributed by atoms with van der Waals surface area (Å²) in [6, 6.07) is 2.00. The van der Waals surface area contributed by atoms with Gasteiger partial charge >= 0.3 is 0 Å². The van der Waals surface area contributed by atoms with Crippen LogP contribution in [0.15, 0.2) is 6.07 Å². The molecule has 1 aromatic rings. The van der Waals surface area contributed by atoms with Crippen LogP contribution in [0.2, 0.25) is 0 Å². The average molecular weight is 221 g/mol. The summed E-state index contributed by atoms with van der Waals surface area (Å²) in [5.74, 6) is 2.21. The van der Waals surface area contributed by atoms with Gasteiger partial charge in [0.2, 0.25) is 0 Å². The second kappa shape index (κ2) is 4.81. The molecule has 16 heavy (non-hydrogen) atoms. The summed E-state index contributed by atoms with van der Waals surface area (Å²) in [6.45, 7) is 12.8. The van der Waals surface area contributed by atoms with Gasteiger partial charge in [-0.3, -0.25) is 0 Å². The number of aromatic nitrogens is 2. The van der Waals surface area contributed by atoms with E-state index in [2.05, 4.69) is 49.9 Å². The molecular weight excluding hydrogens is 198 g/mol. The van der Waals surface area contributed by atoms with Crippen molar-refractivity contribution in [3.05, 3.63) is 17.6 Å². The number of nitrogens with one attached hydrogen (secondary N) is 1. The summed E-state index contributed by atoms with van der Waals surface area (Å²) < 4.78 is 0. The lowest BCUT2D eigenvalue weighted by molar-refractivity contribution is 0.543. The van der Waals surface area contributed by atoms with Crippen LogP contribution in [-0.4, -0.2) is 15.5 Å². The standard InChI is InChI=1S/C13H23N3/c1-7-13(5,6)16-11-8-10(4)14-12(15-11)9(2)3/h8-9H,7H2,1-6H3,(H,14,15,16). The average Bonchev–Trinajstić information content (AvgIpc) is 2.16. The van der Waals surface area contributed by atoms with Crippen LogP contribution < -0.4 is 5.32 Å². The van der Waals surface area contributed by atoms with Gasteiger partial charge in [-0.25, -0.2) is 9.97 Å². The van der Waals surface area contributed by atoms with Crippen molar-refractivity contribution in [1.82, 2.24) is 9.97 Å². The molecule has 0 aliphatic rings. The van der Waals surface area contributed by atoms with Gasteiger partial charge < -0.3 is 5.32 Å². The highest BCUT2D eigenvalue weighted by molar-refractivity contribution is 5.38. The summed E-state index contributed by atoms with van der Waals surface area (Å²) in [5.41, 5.74) is 1.10. The summed E-state index contributed by atoms with van der Waals surface area (Å²) in [6.07, 6.45) is 1.06. The molecular formula is C13H23N3. The Kier molecular flexibility index (Phi) is 3.89. The van der Waals surface area contributed by atoms with Gasteiger partial charge in [-0.2, -0.15) is 0 Å². The first-order valence-electron chi connectivity index (χ1n) is 5.98. The molecule has 3 heteroatoms. The Labute approximate surface area is 98.7 Å². The van der Waals surface area contributed by atoms with Gasteiger partial charge in [-0.15, -0.1) is 0 Å². The summed E-state index contributed by atoms with van der Waals surface area (Å²) in [4.78, 5) is 8.98. The molecule has 0 radical (unpaired) electrons. The van der Waals surface area contributed by atoms with Crippen LogP contribution in [-0.2, 0) is 0 Å². The predicted octanol–water partition coefficient (Wildman–Crippen LogP) is 3.51. The zero-order valence-corrected chi connectivity index (χ0v) is 11.3. The van der Waals surface area contributed by atoms with Gasteiger partial charge in [0.15, 0.2) is 0 Å². The van der Waals surface area contributed by atoms with E-state index in [0.717, 1.165) is 23.8 Å². The second-order valence-corrected chi connectivity index (χ2v) is 5.27. The third kappa shape index (κ3) is 3.47. The molecule has 3 nitrogen and oxygen atoms in total. The molecule has 1 aromatic heterocycles. The third-order valence-electron chi connectivity index (χ3n) is 2.74. The maximum absolute atomic E-state index is 4.54. The van der Waals surface area contributed by atoms with Gasteiger partial charge in [0.1, 0.15) is 11.6 Å². The van der Waals surface area contributed by atoms with Crippen LogP contribution in [0.4, 0.5) is 5.82 Å². The van der Waals surface area contributed by atoms with Gasteiger partial charge in [-0.1, -0.05) is 20.8 Å². The largest absolute Gasteiger partial charge is 0.365 e. The SMILES string of the molecule is CCC(C)(C)Nc1cc(C)nc(C(C)C)n1. The predicted molar refractivity (Wildman–Crippen MR) is 68.9 cm³/mol. The molecule has 0 amide bonds. The Hall–Kier alpha value is -1.12. The molecule has 1 N–H and O–H groups in total. The van der Waals surface area contributed by atoms with E-state index in [-0.39, 0.29) is 5.54 Å². The Morgan fingerprint density at radius 2 is 1.94 bits per heavy atom. The van der Waals surface area contributed by atoms with E-state index in [0.29, 0.717) is 5.92 Å². The molecule has 0 saturated heterocycles. The van der Waals surface area contributed by atoms with Gasteiger partial charge in [0, 0.05) is 23.2 Å². The smallest absolute Gasteiger partial charge is 0.133 e. The monoisotopic (exact) mass is 221 g/mol. The third-order valence-corrected chi connectivity index (χ3v) is 2.74. The van der Waals surface area contributed by atoms with Gasteiger partial charge in [0.05, 0.1) is 0 Å². The topological polar surface area (TPSA) is 37.8 Å². The number of hydrogen-bond acceptors (Lipinski definition) is 3. The van der Waals surface area contributed by atoms with Crippen LogP contribution in [0.25, 0.3) is 0 Å². The molecule has 0 spiro atoms. The number of anilines is 1. The molecule has 0 aromatic carbocycles. The molecule has 0 saturated carbocycles. The van der Waals surface area contributed by atoms with Crippen molar-refractivity contribution in [2.45, 2.75) is 59.4 Å². The van der Waals surface area contributed by atoms with Crippen LogP contribution in [0.1, 0.15) is 58.5 Å². The first-order chi connectivity index (χ1) is 7.34. The van der Waals surface area contributed by atoms with Crippen LogP contribution >= 0.6 is 0 Å². The molecule has 1 heterocycles. The minimum atomic E-state index is 0.0784. The minimum absolute atomic E-state index is 0.0784. The molecule has 0 bridgehead atoms. The van der Waals surface area contributed by atoms with Crippen LogP contribution in [0.5, 0.6) is 0 Å². The number of rotatable bonds is 4. The maximum atomic E-state index is 4.54. The van der Waals surface area contributed by atoms with Crippen molar-refractivity contribution in [2.75, 3.05) is 5.32 Å². The molecule has 90 valence electrons. The minimum Gasteiger partial charge on any atom is -0.365 e. The summed E-state index contributed by atoms with van der Waals surface area (Å²) in [7, 11) is 0. The highest BCUT2D eigenvalue weighted by Crippen LogP contribution is 2.18. The normalized spacial score (nSPS) is 11.9. The summed E-state index contributed by atoms with van der Waals surface area (Å²) in [5, 5.41) is 3.45. The fourth-order valence-corrected chi connectivity index (χ4v) is 1.35. The Bertz CT molecular complexity index is 356. The van der Waals surface area contributed by atoms with Crippen molar-refractivity contribution < 1.29 is 0 Å². The van der Waals surface area contributed by atoms with E-state index >= 15 is 0 Å². The fourth-order valence-electron chi connectivity index (χ4n) is 1.35. The molecule has 0 aliphatic carbocycles. The lowest BCUT2D eigenvalue weighted by atomic mass is 10.0.